The van der Waals surface area contributed by atoms with Gasteiger partial charge in [-0.25, -0.2) is 14.4 Å². The van der Waals surface area contributed by atoms with Crippen molar-refractivity contribution in [1.29, 1.82) is 0 Å². The summed E-state index contributed by atoms with van der Waals surface area (Å²) in [5.41, 5.74) is 2.58. The van der Waals surface area contributed by atoms with E-state index in [9.17, 15) is 4.39 Å². The number of methoxy groups -OCH3 is 1. The van der Waals surface area contributed by atoms with Crippen LogP contribution in [-0.4, -0.2) is 67.1 Å². The monoisotopic (exact) mass is 558 g/mol. The highest BCUT2D eigenvalue weighted by Gasteiger charge is 2.24. The number of aromatic nitrogens is 2. The molecular formula is C28H29Cl2FN4O3. The lowest BCUT2D eigenvalue weighted by molar-refractivity contribution is -0.0454. The zero-order valence-electron chi connectivity index (χ0n) is 21.2. The van der Waals surface area contributed by atoms with Gasteiger partial charge in [-0.2, -0.15) is 0 Å². The van der Waals surface area contributed by atoms with Gasteiger partial charge in [-0.05, 0) is 35.9 Å². The molecule has 0 bridgehead atoms. The molecule has 2 aromatic carbocycles. The molecule has 2 aliphatic rings. The Morgan fingerprint density at radius 1 is 1.16 bits per heavy atom. The Bertz CT molecular complexity index is 1370. The molecule has 1 aromatic heterocycles. The molecule has 5 rings (SSSR count). The lowest BCUT2D eigenvalue weighted by Crippen LogP contribution is -2.45. The first-order valence-electron chi connectivity index (χ1n) is 12.4. The summed E-state index contributed by atoms with van der Waals surface area (Å²) in [5, 5.41) is 4.96. The molecule has 0 amide bonds. The maximum Gasteiger partial charge on any atom is 0.163 e. The van der Waals surface area contributed by atoms with Crippen LogP contribution in [0.15, 0.2) is 60.5 Å². The lowest BCUT2D eigenvalue weighted by Gasteiger charge is -2.33. The standard InChI is InChI=1S/C28H29Cl2FN4O3/c1-17-9-18(3-6-24(17)31)13-35-7-8-37-20(14-35)15-38-27-12-25-21(11-26(27)36-2)28(33-16-32-25)34-19-4-5-22(29)23(30)10-19/h3-6,9-12,16-17,20,24H,7-8,13-15H2,1-2H3,(H,32,33,34). The van der Waals surface area contributed by atoms with Gasteiger partial charge in [0.1, 0.15) is 31.0 Å². The summed E-state index contributed by atoms with van der Waals surface area (Å²) in [6, 6.07) is 8.96. The first-order chi connectivity index (χ1) is 18.4. The highest BCUT2D eigenvalue weighted by molar-refractivity contribution is 6.42. The van der Waals surface area contributed by atoms with Crippen molar-refractivity contribution in [3.8, 4) is 11.5 Å². The Balaban J connectivity index is 1.27. The van der Waals surface area contributed by atoms with Crippen molar-refractivity contribution in [1.82, 2.24) is 14.9 Å². The van der Waals surface area contributed by atoms with Crippen LogP contribution in [0, 0.1) is 5.92 Å². The van der Waals surface area contributed by atoms with Crippen molar-refractivity contribution < 1.29 is 18.6 Å². The molecule has 7 nitrogen and oxygen atoms in total. The number of benzene rings is 2. The predicted octanol–water partition coefficient (Wildman–Crippen LogP) is 6.24. The van der Waals surface area contributed by atoms with Crippen LogP contribution in [0.25, 0.3) is 10.9 Å². The molecule has 0 radical (unpaired) electrons. The Hall–Kier alpha value is -2.91. The molecule has 3 atom stereocenters. The molecule has 1 saturated heterocycles. The molecule has 3 unspecified atom stereocenters. The number of hydrogen-bond acceptors (Lipinski definition) is 7. The highest BCUT2D eigenvalue weighted by Crippen LogP contribution is 2.35. The molecule has 10 heteroatoms. The number of nitrogens with zero attached hydrogens (tertiary/aromatic N) is 3. The van der Waals surface area contributed by atoms with E-state index in [-0.39, 0.29) is 12.0 Å². The minimum Gasteiger partial charge on any atom is -0.493 e. The molecule has 0 spiro atoms. The minimum atomic E-state index is -0.908. The normalized spacial score (nSPS) is 21.8. The first-order valence-corrected chi connectivity index (χ1v) is 13.2. The van der Waals surface area contributed by atoms with E-state index in [1.807, 2.05) is 37.3 Å². The maximum atomic E-state index is 13.7. The van der Waals surface area contributed by atoms with E-state index in [0.717, 1.165) is 29.7 Å². The Morgan fingerprint density at radius 3 is 2.82 bits per heavy atom. The molecule has 38 heavy (non-hydrogen) atoms. The van der Waals surface area contributed by atoms with Crippen LogP contribution in [0.1, 0.15) is 6.92 Å². The molecule has 200 valence electrons. The van der Waals surface area contributed by atoms with Crippen molar-refractivity contribution in [2.75, 3.05) is 45.3 Å². The van der Waals surface area contributed by atoms with Crippen molar-refractivity contribution in [3.05, 3.63) is 70.5 Å². The van der Waals surface area contributed by atoms with Gasteiger partial charge in [-0.1, -0.05) is 42.3 Å². The minimum absolute atomic E-state index is 0.0981. The van der Waals surface area contributed by atoms with E-state index >= 15 is 0 Å². The van der Waals surface area contributed by atoms with E-state index in [0.29, 0.717) is 52.6 Å². The van der Waals surface area contributed by atoms with Gasteiger partial charge in [-0.15, -0.1) is 0 Å². The van der Waals surface area contributed by atoms with E-state index in [2.05, 4.69) is 20.2 Å². The summed E-state index contributed by atoms with van der Waals surface area (Å²) in [6.45, 7) is 5.17. The van der Waals surface area contributed by atoms with Crippen molar-refractivity contribution >= 4 is 45.6 Å². The summed E-state index contributed by atoms with van der Waals surface area (Å²) >= 11 is 12.2. The van der Waals surface area contributed by atoms with Gasteiger partial charge >= 0.3 is 0 Å². The van der Waals surface area contributed by atoms with E-state index in [4.69, 9.17) is 37.4 Å². The third-order valence-corrected chi connectivity index (χ3v) is 7.37. The van der Waals surface area contributed by atoms with Gasteiger partial charge in [0, 0.05) is 42.7 Å². The maximum absolute atomic E-state index is 13.7. The van der Waals surface area contributed by atoms with Crippen LogP contribution in [0.5, 0.6) is 11.5 Å². The number of rotatable bonds is 8. The van der Waals surface area contributed by atoms with Crippen molar-refractivity contribution in [2.24, 2.45) is 5.92 Å². The summed E-state index contributed by atoms with van der Waals surface area (Å²) < 4.78 is 31.5. The van der Waals surface area contributed by atoms with Gasteiger partial charge in [0.15, 0.2) is 11.5 Å². The molecule has 1 aliphatic carbocycles. The second-order valence-corrected chi connectivity index (χ2v) is 10.3. The number of nitrogens with one attached hydrogen (secondary N) is 1. The fourth-order valence-electron chi connectivity index (χ4n) is 4.59. The summed E-state index contributed by atoms with van der Waals surface area (Å²) in [5.74, 6) is 1.63. The van der Waals surface area contributed by atoms with E-state index in [1.54, 1.807) is 25.3 Å². The number of morpholine rings is 1. The number of alkyl halides is 1. The second kappa shape index (κ2) is 11.9. The van der Waals surface area contributed by atoms with Gasteiger partial charge in [-0.3, -0.25) is 4.90 Å². The number of anilines is 2. The van der Waals surface area contributed by atoms with Crippen LogP contribution in [0.2, 0.25) is 10.0 Å². The first kappa shape index (κ1) is 26.7. The largest absolute Gasteiger partial charge is 0.493 e. The Labute approximate surface area is 231 Å². The summed E-state index contributed by atoms with van der Waals surface area (Å²) in [7, 11) is 1.59. The number of hydrogen-bond donors (Lipinski definition) is 1. The summed E-state index contributed by atoms with van der Waals surface area (Å²) in [4.78, 5) is 11.1. The van der Waals surface area contributed by atoms with Crippen molar-refractivity contribution in [2.45, 2.75) is 19.2 Å². The third-order valence-electron chi connectivity index (χ3n) is 6.63. The molecule has 2 heterocycles. The number of allylic oxidation sites excluding steroid dienone is 2. The quantitative estimate of drug-likeness (QED) is 0.351. The Kier molecular flexibility index (Phi) is 8.33. The van der Waals surface area contributed by atoms with Gasteiger partial charge in [0.25, 0.3) is 0 Å². The molecule has 1 aliphatic heterocycles. The Morgan fingerprint density at radius 2 is 2.03 bits per heavy atom. The van der Waals surface area contributed by atoms with Crippen LogP contribution in [0.3, 0.4) is 0 Å². The second-order valence-electron chi connectivity index (χ2n) is 9.44. The van der Waals surface area contributed by atoms with Crippen molar-refractivity contribution in [3.63, 3.8) is 0 Å². The topological polar surface area (TPSA) is 68.7 Å². The van der Waals surface area contributed by atoms with E-state index < -0.39 is 6.17 Å². The SMILES string of the molecule is COc1cc2c(Nc3ccc(Cl)c(Cl)c3)ncnc2cc1OCC1CN(CC2=CC(C)C(F)C=C2)CCO1. The molecule has 3 aromatic rings. The van der Waals surface area contributed by atoms with Crippen LogP contribution in [0.4, 0.5) is 15.9 Å². The summed E-state index contributed by atoms with van der Waals surface area (Å²) in [6.07, 6.45) is 6.01. The zero-order chi connectivity index (χ0) is 26.6. The van der Waals surface area contributed by atoms with Crippen LogP contribution in [-0.2, 0) is 4.74 Å². The third kappa shape index (κ3) is 6.21. The fraction of sp³-hybridized carbons (Fsp3) is 0.357. The number of halogens is 3. The number of ether oxygens (including phenoxy) is 3. The van der Waals surface area contributed by atoms with Gasteiger partial charge in [0.2, 0.25) is 0 Å². The molecule has 1 N–H and O–H groups in total. The average molecular weight is 559 g/mol. The van der Waals surface area contributed by atoms with Gasteiger partial charge < -0.3 is 19.5 Å². The fourth-order valence-corrected chi connectivity index (χ4v) is 4.89. The van der Waals surface area contributed by atoms with Crippen LogP contribution < -0.4 is 14.8 Å². The molecule has 1 fully saturated rings. The van der Waals surface area contributed by atoms with Gasteiger partial charge in [0.05, 0.1) is 29.3 Å². The molecule has 0 saturated carbocycles. The lowest BCUT2D eigenvalue weighted by atomic mass is 9.96. The van der Waals surface area contributed by atoms with E-state index in [1.165, 1.54) is 6.33 Å². The zero-order valence-corrected chi connectivity index (χ0v) is 22.7. The van der Waals surface area contributed by atoms with Crippen LogP contribution >= 0.6 is 23.2 Å². The number of fused-ring (bicyclic) bond motifs is 1. The smallest absolute Gasteiger partial charge is 0.163 e. The predicted molar refractivity (Wildman–Crippen MR) is 149 cm³/mol. The molecular weight excluding hydrogens is 530 g/mol. The average Bonchev–Trinajstić information content (AvgIpc) is 2.91. The highest BCUT2D eigenvalue weighted by atomic mass is 35.5.